The number of amides is 1. The van der Waals surface area contributed by atoms with Crippen molar-refractivity contribution in [3.8, 4) is 0 Å². The molecule has 1 fully saturated rings. The summed E-state index contributed by atoms with van der Waals surface area (Å²) >= 11 is 0. The van der Waals surface area contributed by atoms with E-state index in [1.807, 2.05) is 6.07 Å². The van der Waals surface area contributed by atoms with Crippen LogP contribution in [0.25, 0.3) is 0 Å². The molecule has 0 saturated carbocycles. The number of halogens is 1. The van der Waals surface area contributed by atoms with Gasteiger partial charge in [-0.2, -0.15) is 0 Å². The van der Waals surface area contributed by atoms with Crippen LogP contribution in [0.1, 0.15) is 29.8 Å². The maximum atomic E-state index is 11.6. The van der Waals surface area contributed by atoms with Crippen LogP contribution in [0.2, 0.25) is 0 Å². The fraction of sp³-hybridized carbons (Fsp3) is 0.583. The molecule has 1 aromatic rings. The van der Waals surface area contributed by atoms with E-state index in [0.717, 1.165) is 32.0 Å². The molecule has 1 aliphatic heterocycles. The van der Waals surface area contributed by atoms with Gasteiger partial charge in [-0.3, -0.25) is 4.79 Å². The van der Waals surface area contributed by atoms with Crippen molar-refractivity contribution in [2.45, 2.75) is 19.3 Å². The zero-order valence-electron chi connectivity index (χ0n) is 9.87. The van der Waals surface area contributed by atoms with Crippen molar-refractivity contribution >= 4 is 18.3 Å². The van der Waals surface area contributed by atoms with Crippen molar-refractivity contribution in [3.05, 3.63) is 24.0 Å². The predicted molar refractivity (Wildman–Crippen MR) is 70.6 cm³/mol. The van der Waals surface area contributed by atoms with Crippen molar-refractivity contribution in [3.63, 3.8) is 0 Å². The molecule has 1 aromatic heterocycles. The van der Waals surface area contributed by atoms with Crippen molar-refractivity contribution in [1.29, 1.82) is 0 Å². The fourth-order valence-corrected chi connectivity index (χ4v) is 2.13. The Morgan fingerprint density at radius 3 is 3.06 bits per heavy atom. The van der Waals surface area contributed by atoms with Crippen LogP contribution < -0.4 is 10.6 Å². The van der Waals surface area contributed by atoms with Gasteiger partial charge in [-0.15, -0.1) is 12.4 Å². The molecule has 1 saturated heterocycles. The van der Waals surface area contributed by atoms with Gasteiger partial charge in [0.1, 0.15) is 5.69 Å². The third-order valence-electron chi connectivity index (χ3n) is 3.08. The molecule has 1 atom stereocenters. The van der Waals surface area contributed by atoms with Gasteiger partial charge >= 0.3 is 0 Å². The van der Waals surface area contributed by atoms with E-state index in [0.29, 0.717) is 5.69 Å². The number of carbonyl (C=O) groups excluding carboxylic acids is 1. The van der Waals surface area contributed by atoms with E-state index in [9.17, 15) is 4.79 Å². The average Bonchev–Trinajstić information content (AvgIpc) is 2.84. The predicted octanol–water partition coefficient (Wildman–Crippen LogP) is 1.56. The molecule has 5 heteroatoms. The van der Waals surface area contributed by atoms with Crippen LogP contribution in [0.3, 0.4) is 0 Å². The highest BCUT2D eigenvalue weighted by Crippen LogP contribution is 2.12. The number of carbonyl (C=O) groups is 1. The van der Waals surface area contributed by atoms with Crippen molar-refractivity contribution < 1.29 is 4.79 Å². The molecular weight excluding hydrogens is 238 g/mol. The second kappa shape index (κ2) is 7.35. The van der Waals surface area contributed by atoms with E-state index >= 15 is 0 Å². The molecule has 1 amide bonds. The Balaban J connectivity index is 0.00000144. The Labute approximate surface area is 108 Å². The smallest absolute Gasteiger partial charge is 0.267 e. The van der Waals surface area contributed by atoms with E-state index in [-0.39, 0.29) is 18.3 Å². The van der Waals surface area contributed by atoms with Crippen LogP contribution in [-0.2, 0) is 0 Å². The van der Waals surface area contributed by atoms with Gasteiger partial charge in [0, 0.05) is 12.7 Å². The van der Waals surface area contributed by atoms with Crippen LogP contribution in [0.4, 0.5) is 0 Å². The lowest BCUT2D eigenvalue weighted by molar-refractivity contribution is 0.0946. The molecule has 1 unspecified atom stereocenters. The normalized spacial score (nSPS) is 19.4. The summed E-state index contributed by atoms with van der Waals surface area (Å²) in [4.78, 5) is 14.5. The summed E-state index contributed by atoms with van der Waals surface area (Å²) in [6.45, 7) is 3.01. The number of rotatable bonds is 4. The first-order valence-corrected chi connectivity index (χ1v) is 5.98. The molecule has 0 spiro atoms. The standard InChI is InChI=1S/C12H19N3O.ClH/c16-12(11-4-2-7-14-11)15-8-5-10-3-1-6-13-9-10;/h2,4,7,10,13-14H,1,3,5-6,8-9H2,(H,15,16);1H. The van der Waals surface area contributed by atoms with Crippen LogP contribution >= 0.6 is 12.4 Å². The summed E-state index contributed by atoms with van der Waals surface area (Å²) in [5.41, 5.74) is 0.641. The Hall–Kier alpha value is -1.00. The molecule has 0 bridgehead atoms. The fourth-order valence-electron chi connectivity index (χ4n) is 2.13. The molecule has 4 nitrogen and oxygen atoms in total. The highest BCUT2D eigenvalue weighted by Gasteiger charge is 2.13. The number of nitrogens with one attached hydrogen (secondary N) is 3. The highest BCUT2D eigenvalue weighted by atomic mass is 35.5. The minimum absolute atomic E-state index is 0. The molecule has 3 N–H and O–H groups in total. The Kier molecular flexibility index (Phi) is 6.08. The second-order valence-electron chi connectivity index (χ2n) is 4.34. The molecule has 1 aliphatic rings. The van der Waals surface area contributed by atoms with Gasteiger partial charge in [0.2, 0.25) is 0 Å². The summed E-state index contributed by atoms with van der Waals surface area (Å²) in [7, 11) is 0. The summed E-state index contributed by atoms with van der Waals surface area (Å²) in [5, 5.41) is 6.32. The minimum Gasteiger partial charge on any atom is -0.357 e. The van der Waals surface area contributed by atoms with Crippen LogP contribution in [0.15, 0.2) is 18.3 Å². The molecular formula is C12H20ClN3O. The largest absolute Gasteiger partial charge is 0.357 e. The van der Waals surface area contributed by atoms with Crippen LogP contribution in [0.5, 0.6) is 0 Å². The quantitative estimate of drug-likeness (QED) is 0.767. The molecule has 2 heterocycles. The zero-order valence-corrected chi connectivity index (χ0v) is 10.7. The summed E-state index contributed by atoms with van der Waals surface area (Å²) in [6.07, 6.45) is 5.38. The maximum Gasteiger partial charge on any atom is 0.267 e. The molecule has 0 radical (unpaired) electrons. The highest BCUT2D eigenvalue weighted by molar-refractivity contribution is 5.92. The summed E-state index contributed by atoms with van der Waals surface area (Å²) in [6, 6.07) is 3.62. The molecule has 2 rings (SSSR count). The second-order valence-corrected chi connectivity index (χ2v) is 4.34. The van der Waals surface area contributed by atoms with E-state index in [4.69, 9.17) is 0 Å². The SMILES string of the molecule is Cl.O=C(NCCC1CCCNC1)c1ccc[nH]1. The monoisotopic (exact) mass is 257 g/mol. The Morgan fingerprint density at radius 2 is 2.41 bits per heavy atom. The van der Waals surface area contributed by atoms with Gasteiger partial charge in [-0.25, -0.2) is 0 Å². The topological polar surface area (TPSA) is 56.9 Å². The van der Waals surface area contributed by atoms with Gasteiger partial charge in [-0.1, -0.05) is 0 Å². The summed E-state index contributed by atoms with van der Waals surface area (Å²) < 4.78 is 0. The van der Waals surface area contributed by atoms with Crippen LogP contribution in [0, 0.1) is 5.92 Å². The number of piperidine rings is 1. The van der Waals surface area contributed by atoms with E-state index < -0.39 is 0 Å². The van der Waals surface area contributed by atoms with Crippen molar-refractivity contribution in [2.75, 3.05) is 19.6 Å². The van der Waals surface area contributed by atoms with E-state index in [2.05, 4.69) is 15.6 Å². The third kappa shape index (κ3) is 4.40. The molecule has 17 heavy (non-hydrogen) atoms. The third-order valence-corrected chi connectivity index (χ3v) is 3.08. The maximum absolute atomic E-state index is 11.6. The average molecular weight is 258 g/mol. The van der Waals surface area contributed by atoms with Crippen molar-refractivity contribution in [2.24, 2.45) is 5.92 Å². The first kappa shape index (κ1) is 14.1. The van der Waals surface area contributed by atoms with Crippen molar-refractivity contribution in [1.82, 2.24) is 15.6 Å². The number of hydrogen-bond acceptors (Lipinski definition) is 2. The summed E-state index contributed by atoms with van der Waals surface area (Å²) in [5.74, 6) is 0.714. The van der Waals surface area contributed by atoms with Gasteiger partial charge in [0.05, 0.1) is 0 Å². The zero-order chi connectivity index (χ0) is 11.2. The van der Waals surface area contributed by atoms with Crippen LogP contribution in [-0.4, -0.2) is 30.5 Å². The van der Waals surface area contributed by atoms with E-state index in [1.54, 1.807) is 12.3 Å². The lowest BCUT2D eigenvalue weighted by Crippen LogP contribution is -2.33. The Morgan fingerprint density at radius 1 is 1.53 bits per heavy atom. The number of aromatic amines is 1. The minimum atomic E-state index is -0.00577. The lowest BCUT2D eigenvalue weighted by atomic mass is 9.96. The van der Waals surface area contributed by atoms with Gasteiger partial charge in [-0.05, 0) is 50.4 Å². The van der Waals surface area contributed by atoms with E-state index in [1.165, 1.54) is 12.8 Å². The molecule has 0 aliphatic carbocycles. The molecule has 0 aromatic carbocycles. The first-order valence-electron chi connectivity index (χ1n) is 5.98. The number of aromatic nitrogens is 1. The van der Waals surface area contributed by atoms with Gasteiger partial charge in [0.15, 0.2) is 0 Å². The number of hydrogen-bond donors (Lipinski definition) is 3. The lowest BCUT2D eigenvalue weighted by Gasteiger charge is -2.22. The first-order chi connectivity index (χ1) is 7.86. The number of H-pyrrole nitrogens is 1. The van der Waals surface area contributed by atoms with Gasteiger partial charge < -0.3 is 15.6 Å². The molecule has 96 valence electrons. The van der Waals surface area contributed by atoms with Gasteiger partial charge in [0.25, 0.3) is 5.91 Å². The Bertz CT molecular complexity index is 321.